The quantitative estimate of drug-likeness (QED) is 0.736. The van der Waals surface area contributed by atoms with E-state index in [1.165, 1.54) is 11.3 Å². The van der Waals surface area contributed by atoms with E-state index in [0.29, 0.717) is 25.3 Å². The number of ether oxygens (including phenoxy) is 1. The Hall–Kier alpha value is -1.71. The molecule has 1 saturated heterocycles. The first-order valence-corrected chi connectivity index (χ1v) is 10.8. The minimum absolute atomic E-state index is 0.0714. The molecule has 9 heteroatoms. The van der Waals surface area contributed by atoms with Gasteiger partial charge >= 0.3 is 0 Å². The molecular weight excluding hydrogens is 362 g/mol. The van der Waals surface area contributed by atoms with E-state index in [1.807, 2.05) is 17.5 Å². The SMILES string of the molecule is COCCCNC(=O)c1cc(-c2cccs2)n(C2CCS(=O)(=O)C2)n1. The number of amides is 1. The molecular formula is C16H21N3O4S2. The Labute approximate surface area is 150 Å². The van der Waals surface area contributed by atoms with Gasteiger partial charge in [-0.3, -0.25) is 9.48 Å². The van der Waals surface area contributed by atoms with E-state index in [0.717, 1.165) is 17.0 Å². The summed E-state index contributed by atoms with van der Waals surface area (Å²) in [6.07, 6.45) is 1.25. The van der Waals surface area contributed by atoms with Gasteiger partial charge in [0.2, 0.25) is 0 Å². The summed E-state index contributed by atoms with van der Waals surface area (Å²) in [6.45, 7) is 1.08. The summed E-state index contributed by atoms with van der Waals surface area (Å²) >= 11 is 1.54. The van der Waals surface area contributed by atoms with Crippen LogP contribution >= 0.6 is 11.3 Å². The van der Waals surface area contributed by atoms with Gasteiger partial charge in [0.25, 0.3) is 5.91 Å². The fraction of sp³-hybridized carbons (Fsp3) is 0.500. The Kier molecular flexibility index (Phi) is 5.55. The minimum Gasteiger partial charge on any atom is -0.385 e. The van der Waals surface area contributed by atoms with Gasteiger partial charge in [-0.25, -0.2) is 8.42 Å². The Balaban J connectivity index is 1.84. The van der Waals surface area contributed by atoms with Gasteiger partial charge in [0.05, 0.1) is 28.1 Å². The lowest BCUT2D eigenvalue weighted by molar-refractivity contribution is 0.0942. The number of aromatic nitrogens is 2. The van der Waals surface area contributed by atoms with E-state index < -0.39 is 9.84 Å². The molecule has 0 bridgehead atoms. The van der Waals surface area contributed by atoms with Gasteiger partial charge < -0.3 is 10.1 Å². The molecule has 1 aliphatic heterocycles. The number of hydrogen-bond acceptors (Lipinski definition) is 6. The van der Waals surface area contributed by atoms with Crippen molar-refractivity contribution >= 4 is 27.1 Å². The summed E-state index contributed by atoms with van der Waals surface area (Å²) in [5, 5.41) is 9.19. The van der Waals surface area contributed by atoms with Crippen molar-refractivity contribution in [3.8, 4) is 10.6 Å². The van der Waals surface area contributed by atoms with Crippen LogP contribution < -0.4 is 5.32 Å². The first-order valence-electron chi connectivity index (χ1n) is 8.11. The van der Waals surface area contributed by atoms with Crippen LogP contribution in [0.3, 0.4) is 0 Å². The van der Waals surface area contributed by atoms with Crippen molar-refractivity contribution in [3.05, 3.63) is 29.3 Å². The normalized spacial score (nSPS) is 19.2. The molecule has 1 aliphatic rings. The lowest BCUT2D eigenvalue weighted by Gasteiger charge is -2.12. The third-order valence-electron chi connectivity index (χ3n) is 4.11. The van der Waals surface area contributed by atoms with Crippen LogP contribution in [0, 0.1) is 0 Å². The monoisotopic (exact) mass is 383 g/mol. The molecule has 136 valence electrons. The third-order valence-corrected chi connectivity index (χ3v) is 6.75. The fourth-order valence-electron chi connectivity index (χ4n) is 2.87. The summed E-state index contributed by atoms with van der Waals surface area (Å²) in [5.41, 5.74) is 1.10. The summed E-state index contributed by atoms with van der Waals surface area (Å²) in [5.74, 6) is -0.0180. The van der Waals surface area contributed by atoms with Gasteiger partial charge in [-0.05, 0) is 30.4 Å². The molecule has 0 spiro atoms. The summed E-state index contributed by atoms with van der Waals surface area (Å²) < 4.78 is 30.3. The van der Waals surface area contributed by atoms with Crippen molar-refractivity contribution in [3.63, 3.8) is 0 Å². The maximum atomic E-state index is 12.3. The van der Waals surface area contributed by atoms with Crippen molar-refractivity contribution in [1.29, 1.82) is 0 Å². The number of hydrogen-bond donors (Lipinski definition) is 1. The number of carbonyl (C=O) groups is 1. The second-order valence-electron chi connectivity index (χ2n) is 6.00. The number of carbonyl (C=O) groups excluding carboxylic acids is 1. The number of rotatable bonds is 7. The molecule has 0 saturated carbocycles. The molecule has 25 heavy (non-hydrogen) atoms. The molecule has 2 aromatic rings. The van der Waals surface area contributed by atoms with Crippen LogP contribution in [-0.4, -0.2) is 55.9 Å². The Morgan fingerprint density at radius 3 is 3.00 bits per heavy atom. The lowest BCUT2D eigenvalue weighted by atomic mass is 10.2. The molecule has 3 heterocycles. The van der Waals surface area contributed by atoms with E-state index in [9.17, 15) is 13.2 Å². The lowest BCUT2D eigenvalue weighted by Crippen LogP contribution is -2.26. The van der Waals surface area contributed by atoms with E-state index in [4.69, 9.17) is 4.74 Å². The zero-order valence-corrected chi connectivity index (χ0v) is 15.6. The van der Waals surface area contributed by atoms with Crippen LogP contribution in [0.15, 0.2) is 23.6 Å². The standard InChI is InChI=1S/C16H21N3O4S2/c1-23-7-3-6-17-16(20)13-10-14(15-4-2-8-24-15)19(18-13)12-5-9-25(21,22)11-12/h2,4,8,10,12H,3,5-7,9,11H2,1H3,(H,17,20). The summed E-state index contributed by atoms with van der Waals surface area (Å²) in [4.78, 5) is 13.3. The van der Waals surface area contributed by atoms with E-state index >= 15 is 0 Å². The molecule has 0 aromatic carbocycles. The van der Waals surface area contributed by atoms with Crippen molar-refractivity contribution in [1.82, 2.24) is 15.1 Å². The van der Waals surface area contributed by atoms with Gasteiger partial charge in [-0.1, -0.05) is 6.07 Å². The third kappa shape index (κ3) is 4.28. The van der Waals surface area contributed by atoms with Crippen LogP contribution in [0.1, 0.15) is 29.4 Å². The number of sulfone groups is 1. The van der Waals surface area contributed by atoms with E-state index in [-0.39, 0.29) is 23.5 Å². The van der Waals surface area contributed by atoms with Crippen LogP contribution in [0.25, 0.3) is 10.6 Å². The van der Waals surface area contributed by atoms with E-state index in [1.54, 1.807) is 17.9 Å². The molecule has 1 fully saturated rings. The maximum absolute atomic E-state index is 12.3. The Morgan fingerprint density at radius 2 is 2.36 bits per heavy atom. The minimum atomic E-state index is -3.03. The molecule has 7 nitrogen and oxygen atoms in total. The van der Waals surface area contributed by atoms with Gasteiger partial charge in [0, 0.05) is 20.3 Å². The second-order valence-corrected chi connectivity index (χ2v) is 9.17. The molecule has 1 N–H and O–H groups in total. The molecule has 1 unspecified atom stereocenters. The Bertz CT molecular complexity index is 828. The zero-order valence-electron chi connectivity index (χ0n) is 14.0. The molecule has 1 atom stereocenters. The average molecular weight is 383 g/mol. The highest BCUT2D eigenvalue weighted by atomic mass is 32.2. The highest BCUT2D eigenvalue weighted by molar-refractivity contribution is 7.91. The molecule has 1 amide bonds. The van der Waals surface area contributed by atoms with Crippen molar-refractivity contribution in [2.24, 2.45) is 0 Å². The average Bonchev–Trinajstić information content (AvgIpc) is 3.29. The van der Waals surface area contributed by atoms with Gasteiger partial charge in [0.1, 0.15) is 0 Å². The molecule has 0 aliphatic carbocycles. The number of thiophene rings is 1. The largest absolute Gasteiger partial charge is 0.385 e. The van der Waals surface area contributed by atoms with Gasteiger partial charge in [-0.2, -0.15) is 5.10 Å². The van der Waals surface area contributed by atoms with Crippen molar-refractivity contribution < 1.29 is 17.9 Å². The van der Waals surface area contributed by atoms with Crippen LogP contribution in [-0.2, 0) is 14.6 Å². The fourth-order valence-corrected chi connectivity index (χ4v) is 5.30. The predicted molar refractivity (Wildman–Crippen MR) is 96.7 cm³/mol. The van der Waals surface area contributed by atoms with Crippen molar-refractivity contribution in [2.75, 3.05) is 31.8 Å². The van der Waals surface area contributed by atoms with Crippen LogP contribution in [0.2, 0.25) is 0 Å². The molecule has 2 aromatic heterocycles. The van der Waals surface area contributed by atoms with E-state index in [2.05, 4.69) is 10.4 Å². The van der Waals surface area contributed by atoms with Crippen LogP contribution in [0.5, 0.6) is 0 Å². The predicted octanol–water partition coefficient (Wildman–Crippen LogP) is 1.74. The highest BCUT2D eigenvalue weighted by Crippen LogP contribution is 2.32. The number of nitrogens with zero attached hydrogens (tertiary/aromatic N) is 2. The molecule has 3 rings (SSSR count). The molecule has 0 radical (unpaired) electrons. The highest BCUT2D eigenvalue weighted by Gasteiger charge is 2.32. The van der Waals surface area contributed by atoms with Gasteiger partial charge in [0.15, 0.2) is 15.5 Å². The second kappa shape index (κ2) is 7.67. The van der Waals surface area contributed by atoms with Crippen LogP contribution in [0.4, 0.5) is 0 Å². The first kappa shape index (κ1) is 18.1. The smallest absolute Gasteiger partial charge is 0.271 e. The number of methoxy groups -OCH3 is 1. The number of nitrogens with one attached hydrogen (secondary N) is 1. The first-order chi connectivity index (χ1) is 12.0. The van der Waals surface area contributed by atoms with Gasteiger partial charge in [-0.15, -0.1) is 11.3 Å². The zero-order chi connectivity index (χ0) is 17.9. The summed E-state index contributed by atoms with van der Waals surface area (Å²) in [7, 11) is -1.42. The van der Waals surface area contributed by atoms with Crippen molar-refractivity contribution in [2.45, 2.75) is 18.9 Å². The topological polar surface area (TPSA) is 90.3 Å². The summed E-state index contributed by atoms with van der Waals surface area (Å²) in [6, 6.07) is 5.38. The Morgan fingerprint density at radius 1 is 1.52 bits per heavy atom. The maximum Gasteiger partial charge on any atom is 0.271 e.